The van der Waals surface area contributed by atoms with Crippen molar-refractivity contribution in [1.82, 2.24) is 5.32 Å². The summed E-state index contributed by atoms with van der Waals surface area (Å²) in [5.41, 5.74) is 1.34. The lowest BCUT2D eigenvalue weighted by molar-refractivity contribution is 0.243. The molecule has 1 aliphatic carbocycles. The minimum absolute atomic E-state index is 0.647. The van der Waals surface area contributed by atoms with Crippen LogP contribution in [0.1, 0.15) is 38.2 Å². The summed E-state index contributed by atoms with van der Waals surface area (Å²) in [4.78, 5) is 0. The van der Waals surface area contributed by atoms with Crippen LogP contribution in [-0.2, 0) is 0 Å². The van der Waals surface area contributed by atoms with Gasteiger partial charge in [-0.25, -0.2) is 0 Å². The first-order valence-electron chi connectivity index (χ1n) is 6.73. The normalized spacial score (nSPS) is 23.2. The van der Waals surface area contributed by atoms with Gasteiger partial charge in [0.25, 0.3) is 0 Å². The van der Waals surface area contributed by atoms with Crippen molar-refractivity contribution in [3.05, 3.63) is 33.8 Å². The summed E-state index contributed by atoms with van der Waals surface area (Å²) in [6.07, 6.45) is 2.59. The lowest BCUT2D eigenvalue weighted by Gasteiger charge is -2.37. The molecule has 2 atom stereocenters. The molecule has 2 rings (SSSR count). The maximum atomic E-state index is 6.09. The van der Waals surface area contributed by atoms with Crippen LogP contribution in [0, 0.1) is 11.8 Å². The Morgan fingerprint density at radius 1 is 1.22 bits per heavy atom. The fourth-order valence-electron chi connectivity index (χ4n) is 2.55. The van der Waals surface area contributed by atoms with Gasteiger partial charge in [-0.1, -0.05) is 43.1 Å². The van der Waals surface area contributed by atoms with Crippen LogP contribution in [-0.4, -0.2) is 13.1 Å². The molecular formula is C15H21Cl2N. The SMILES string of the molecule is CC(C)CNCC1CCC1c1ccc(Cl)c(Cl)c1. The molecule has 0 amide bonds. The van der Waals surface area contributed by atoms with E-state index >= 15 is 0 Å². The Morgan fingerprint density at radius 3 is 2.56 bits per heavy atom. The van der Waals surface area contributed by atoms with Crippen molar-refractivity contribution in [2.45, 2.75) is 32.6 Å². The Hall–Kier alpha value is -0.240. The number of hydrogen-bond acceptors (Lipinski definition) is 1. The highest BCUT2D eigenvalue weighted by Gasteiger charge is 2.31. The van der Waals surface area contributed by atoms with E-state index in [0.29, 0.717) is 21.9 Å². The van der Waals surface area contributed by atoms with Gasteiger partial charge in [-0.2, -0.15) is 0 Å². The highest BCUT2D eigenvalue weighted by molar-refractivity contribution is 6.42. The molecule has 2 unspecified atom stereocenters. The van der Waals surface area contributed by atoms with Crippen LogP contribution in [0.4, 0.5) is 0 Å². The number of halogens is 2. The molecule has 0 saturated heterocycles. The molecule has 1 N–H and O–H groups in total. The van der Waals surface area contributed by atoms with Gasteiger partial charge in [0.15, 0.2) is 0 Å². The Morgan fingerprint density at radius 2 is 2.00 bits per heavy atom. The van der Waals surface area contributed by atoms with Crippen molar-refractivity contribution in [1.29, 1.82) is 0 Å². The van der Waals surface area contributed by atoms with Gasteiger partial charge in [-0.15, -0.1) is 0 Å². The van der Waals surface area contributed by atoms with E-state index in [2.05, 4.69) is 25.2 Å². The molecule has 1 saturated carbocycles. The summed E-state index contributed by atoms with van der Waals surface area (Å²) in [5, 5.41) is 4.88. The lowest BCUT2D eigenvalue weighted by Crippen LogP contribution is -2.35. The van der Waals surface area contributed by atoms with Crippen LogP contribution in [0.5, 0.6) is 0 Å². The van der Waals surface area contributed by atoms with Crippen molar-refractivity contribution in [3.8, 4) is 0 Å². The molecule has 0 bridgehead atoms. The van der Waals surface area contributed by atoms with Crippen molar-refractivity contribution < 1.29 is 0 Å². The first kappa shape index (κ1) is 14.2. The molecule has 0 heterocycles. The van der Waals surface area contributed by atoms with E-state index in [1.807, 2.05) is 12.1 Å². The minimum atomic E-state index is 0.647. The molecule has 0 aromatic heterocycles. The summed E-state index contributed by atoms with van der Waals surface area (Å²) in [7, 11) is 0. The zero-order valence-corrected chi connectivity index (χ0v) is 12.6. The van der Waals surface area contributed by atoms with Crippen LogP contribution in [0.15, 0.2) is 18.2 Å². The molecule has 100 valence electrons. The van der Waals surface area contributed by atoms with Gasteiger partial charge in [0.2, 0.25) is 0 Å². The second-order valence-corrected chi connectivity index (χ2v) is 6.48. The number of nitrogens with one attached hydrogen (secondary N) is 1. The molecule has 1 aliphatic rings. The van der Waals surface area contributed by atoms with Gasteiger partial charge >= 0.3 is 0 Å². The zero-order chi connectivity index (χ0) is 13.1. The summed E-state index contributed by atoms with van der Waals surface area (Å²) in [6, 6.07) is 6.06. The fraction of sp³-hybridized carbons (Fsp3) is 0.600. The van der Waals surface area contributed by atoms with Crippen molar-refractivity contribution >= 4 is 23.2 Å². The van der Waals surface area contributed by atoms with E-state index in [4.69, 9.17) is 23.2 Å². The number of benzene rings is 1. The predicted molar refractivity (Wildman–Crippen MR) is 79.6 cm³/mol. The molecule has 1 nitrogen and oxygen atoms in total. The summed E-state index contributed by atoms with van der Waals surface area (Å²) < 4.78 is 0. The van der Waals surface area contributed by atoms with Crippen molar-refractivity contribution in [2.75, 3.05) is 13.1 Å². The zero-order valence-electron chi connectivity index (χ0n) is 11.0. The highest BCUT2D eigenvalue weighted by Crippen LogP contribution is 2.43. The fourth-order valence-corrected chi connectivity index (χ4v) is 2.86. The Bertz CT molecular complexity index is 403. The van der Waals surface area contributed by atoms with E-state index in [1.54, 1.807) is 0 Å². The first-order chi connectivity index (χ1) is 8.58. The van der Waals surface area contributed by atoms with Crippen LogP contribution < -0.4 is 5.32 Å². The number of hydrogen-bond donors (Lipinski definition) is 1. The van der Waals surface area contributed by atoms with E-state index in [9.17, 15) is 0 Å². The predicted octanol–water partition coefficient (Wildman–Crippen LogP) is 4.73. The van der Waals surface area contributed by atoms with Gasteiger partial charge < -0.3 is 5.32 Å². The minimum Gasteiger partial charge on any atom is -0.316 e. The van der Waals surface area contributed by atoms with Crippen molar-refractivity contribution in [2.24, 2.45) is 11.8 Å². The largest absolute Gasteiger partial charge is 0.316 e. The quantitative estimate of drug-likeness (QED) is 0.825. The summed E-state index contributed by atoms with van der Waals surface area (Å²) >= 11 is 12.0. The molecule has 1 fully saturated rings. The third kappa shape index (κ3) is 3.40. The average Bonchev–Trinajstić information content (AvgIpc) is 2.27. The first-order valence-corrected chi connectivity index (χ1v) is 7.49. The summed E-state index contributed by atoms with van der Waals surface area (Å²) in [6.45, 7) is 6.70. The topological polar surface area (TPSA) is 12.0 Å². The van der Waals surface area contributed by atoms with E-state index < -0.39 is 0 Å². The average molecular weight is 286 g/mol. The van der Waals surface area contributed by atoms with Crippen LogP contribution in [0.3, 0.4) is 0 Å². The Labute approximate surface area is 120 Å². The van der Waals surface area contributed by atoms with Gasteiger partial charge in [0.05, 0.1) is 10.0 Å². The molecule has 1 aromatic rings. The van der Waals surface area contributed by atoms with Crippen LogP contribution >= 0.6 is 23.2 Å². The van der Waals surface area contributed by atoms with Gasteiger partial charge in [0.1, 0.15) is 0 Å². The van der Waals surface area contributed by atoms with Crippen LogP contribution in [0.2, 0.25) is 10.0 Å². The van der Waals surface area contributed by atoms with Crippen LogP contribution in [0.25, 0.3) is 0 Å². The standard InChI is InChI=1S/C15H21Cl2N/c1-10(2)8-18-9-12-3-5-13(12)11-4-6-14(16)15(17)7-11/h4,6-7,10,12-13,18H,3,5,8-9H2,1-2H3. The second-order valence-electron chi connectivity index (χ2n) is 5.67. The van der Waals surface area contributed by atoms with Gasteiger partial charge in [-0.05, 0) is 61.4 Å². The monoisotopic (exact) mass is 285 g/mol. The smallest absolute Gasteiger partial charge is 0.0595 e. The summed E-state index contributed by atoms with van der Waals surface area (Å²) in [5.74, 6) is 2.12. The maximum Gasteiger partial charge on any atom is 0.0595 e. The third-order valence-electron chi connectivity index (χ3n) is 3.75. The Kier molecular flexibility index (Phi) is 4.94. The molecule has 3 heteroatoms. The lowest BCUT2D eigenvalue weighted by atomic mass is 9.70. The Balaban J connectivity index is 1.91. The maximum absolute atomic E-state index is 6.09. The molecular weight excluding hydrogens is 265 g/mol. The van der Waals surface area contributed by atoms with E-state index in [1.165, 1.54) is 18.4 Å². The molecule has 0 spiro atoms. The van der Waals surface area contributed by atoms with Gasteiger partial charge in [0, 0.05) is 0 Å². The van der Waals surface area contributed by atoms with E-state index in [0.717, 1.165) is 19.0 Å². The second kappa shape index (κ2) is 6.27. The van der Waals surface area contributed by atoms with E-state index in [-0.39, 0.29) is 0 Å². The molecule has 1 aromatic carbocycles. The number of rotatable bonds is 5. The van der Waals surface area contributed by atoms with Gasteiger partial charge in [-0.3, -0.25) is 0 Å². The molecule has 0 radical (unpaired) electrons. The highest BCUT2D eigenvalue weighted by atomic mass is 35.5. The molecule has 0 aliphatic heterocycles. The molecule has 18 heavy (non-hydrogen) atoms. The third-order valence-corrected chi connectivity index (χ3v) is 4.49. The van der Waals surface area contributed by atoms with Crippen molar-refractivity contribution in [3.63, 3.8) is 0 Å².